The third-order valence-corrected chi connectivity index (χ3v) is 6.74. The van der Waals surface area contributed by atoms with Gasteiger partial charge in [0.15, 0.2) is 6.61 Å². The van der Waals surface area contributed by atoms with E-state index in [-0.39, 0.29) is 24.9 Å². The highest BCUT2D eigenvalue weighted by molar-refractivity contribution is 7.98. The van der Waals surface area contributed by atoms with Gasteiger partial charge in [-0.05, 0) is 29.8 Å². The van der Waals surface area contributed by atoms with Crippen LogP contribution < -0.4 is 10.1 Å². The monoisotopic (exact) mass is 474 g/mol. The first kappa shape index (κ1) is 24.5. The maximum atomic E-state index is 13.7. The fourth-order valence-corrected chi connectivity index (χ4v) is 3.95. The molecule has 0 saturated carbocycles. The van der Waals surface area contributed by atoms with Gasteiger partial charge in [0.25, 0.3) is 5.91 Å². The molecule has 1 amide bonds. The zero-order chi connectivity index (χ0) is 22.1. The molecule has 0 aliphatic rings. The fraction of sp³-hybridized carbons (Fsp3) is 0.350. The predicted octanol–water partition coefficient (Wildman–Crippen LogP) is 3.30. The summed E-state index contributed by atoms with van der Waals surface area (Å²) in [7, 11) is -1.74. The van der Waals surface area contributed by atoms with Crippen molar-refractivity contribution in [3.8, 4) is 5.75 Å². The van der Waals surface area contributed by atoms with Crippen molar-refractivity contribution in [1.82, 2.24) is 9.62 Å². The number of ether oxygens (including phenoxy) is 1. The molecular formula is C20H24ClFN2O4S2. The second-order valence-corrected chi connectivity index (χ2v) is 10.2. The zero-order valence-electron chi connectivity index (χ0n) is 16.7. The molecule has 10 heteroatoms. The van der Waals surface area contributed by atoms with Crippen molar-refractivity contribution in [2.75, 3.05) is 32.2 Å². The van der Waals surface area contributed by atoms with Gasteiger partial charge in [-0.15, -0.1) is 0 Å². The van der Waals surface area contributed by atoms with Crippen LogP contribution in [0.4, 0.5) is 4.39 Å². The molecule has 2 aromatic carbocycles. The number of hydrogen-bond acceptors (Lipinski definition) is 5. The Labute approximate surface area is 185 Å². The van der Waals surface area contributed by atoms with E-state index in [1.165, 1.54) is 29.2 Å². The molecule has 0 fully saturated rings. The average molecular weight is 475 g/mol. The van der Waals surface area contributed by atoms with Crippen LogP contribution in [0.15, 0.2) is 42.5 Å². The number of sulfonamides is 1. The summed E-state index contributed by atoms with van der Waals surface area (Å²) in [5.41, 5.74) is 1.27. The summed E-state index contributed by atoms with van der Waals surface area (Å²) in [6.45, 7) is 0.553. The fourth-order valence-electron chi connectivity index (χ4n) is 2.37. The van der Waals surface area contributed by atoms with Gasteiger partial charge in [0.1, 0.15) is 11.6 Å². The Morgan fingerprint density at radius 1 is 1.23 bits per heavy atom. The van der Waals surface area contributed by atoms with Crippen LogP contribution in [0.3, 0.4) is 0 Å². The van der Waals surface area contributed by atoms with Gasteiger partial charge in [0, 0.05) is 42.2 Å². The highest BCUT2D eigenvalue weighted by Crippen LogP contribution is 2.23. The summed E-state index contributed by atoms with van der Waals surface area (Å²) >= 11 is 7.45. The van der Waals surface area contributed by atoms with Crippen molar-refractivity contribution < 1.29 is 22.3 Å². The molecule has 0 bridgehead atoms. The van der Waals surface area contributed by atoms with Crippen LogP contribution >= 0.6 is 23.4 Å². The van der Waals surface area contributed by atoms with E-state index in [4.69, 9.17) is 16.3 Å². The van der Waals surface area contributed by atoms with Crippen LogP contribution in [0.1, 0.15) is 11.1 Å². The Hall–Kier alpha value is -1.81. The molecule has 2 aromatic rings. The summed E-state index contributed by atoms with van der Waals surface area (Å²) in [6, 6.07) is 11.5. The minimum Gasteiger partial charge on any atom is -0.484 e. The Kier molecular flexibility index (Phi) is 9.41. The van der Waals surface area contributed by atoms with Gasteiger partial charge < -0.3 is 10.1 Å². The molecule has 30 heavy (non-hydrogen) atoms. The number of carbonyl (C=O) groups excluding carboxylic acids is 1. The Balaban J connectivity index is 1.66. The van der Waals surface area contributed by atoms with E-state index in [1.807, 2.05) is 0 Å². The van der Waals surface area contributed by atoms with Crippen molar-refractivity contribution in [3.63, 3.8) is 0 Å². The largest absolute Gasteiger partial charge is 0.484 e. The summed E-state index contributed by atoms with van der Waals surface area (Å²) in [5.74, 6) is 0.957. The zero-order valence-corrected chi connectivity index (χ0v) is 19.1. The number of halogens is 2. The van der Waals surface area contributed by atoms with Gasteiger partial charge in [-0.1, -0.05) is 29.8 Å². The topological polar surface area (TPSA) is 75.7 Å². The summed E-state index contributed by atoms with van der Waals surface area (Å²) in [4.78, 5) is 11.9. The van der Waals surface area contributed by atoms with Crippen LogP contribution in [-0.2, 0) is 27.1 Å². The van der Waals surface area contributed by atoms with Crippen molar-refractivity contribution in [2.24, 2.45) is 0 Å². The van der Waals surface area contributed by atoms with E-state index in [0.717, 1.165) is 11.8 Å². The molecule has 0 aromatic heterocycles. The van der Waals surface area contributed by atoms with Crippen LogP contribution in [0.25, 0.3) is 0 Å². The number of amides is 1. The first-order valence-electron chi connectivity index (χ1n) is 9.07. The number of rotatable bonds is 11. The Bertz CT molecular complexity index is 936. The second-order valence-electron chi connectivity index (χ2n) is 6.55. The van der Waals surface area contributed by atoms with Gasteiger partial charge in [-0.2, -0.15) is 11.8 Å². The van der Waals surface area contributed by atoms with Crippen molar-refractivity contribution >= 4 is 39.3 Å². The molecule has 164 valence electrons. The Morgan fingerprint density at radius 3 is 2.57 bits per heavy atom. The molecule has 0 unspecified atom stereocenters. The van der Waals surface area contributed by atoms with Gasteiger partial charge in [0.05, 0.1) is 6.26 Å². The molecule has 0 aliphatic carbocycles. The normalized spacial score (nSPS) is 11.5. The number of thioether (sulfide) groups is 1. The number of benzene rings is 2. The quantitative estimate of drug-likeness (QED) is 0.506. The summed E-state index contributed by atoms with van der Waals surface area (Å²) < 4.78 is 43.2. The van der Waals surface area contributed by atoms with E-state index >= 15 is 0 Å². The molecular weight excluding hydrogens is 451 g/mol. The van der Waals surface area contributed by atoms with Crippen molar-refractivity contribution in [3.05, 3.63) is 64.4 Å². The number of nitrogens with one attached hydrogen (secondary N) is 1. The molecule has 0 atom stereocenters. The smallest absolute Gasteiger partial charge is 0.257 e. The van der Waals surface area contributed by atoms with Gasteiger partial charge >= 0.3 is 0 Å². The van der Waals surface area contributed by atoms with Crippen LogP contribution in [0.5, 0.6) is 5.75 Å². The van der Waals surface area contributed by atoms with E-state index in [9.17, 15) is 17.6 Å². The molecule has 0 saturated heterocycles. The van der Waals surface area contributed by atoms with E-state index in [0.29, 0.717) is 34.4 Å². The van der Waals surface area contributed by atoms with E-state index in [1.54, 1.807) is 36.4 Å². The highest BCUT2D eigenvalue weighted by atomic mass is 35.5. The predicted molar refractivity (Wildman–Crippen MR) is 119 cm³/mol. The van der Waals surface area contributed by atoms with Crippen molar-refractivity contribution in [2.45, 2.75) is 12.3 Å². The number of hydrogen-bond donors (Lipinski definition) is 1. The second kappa shape index (κ2) is 11.5. The number of nitrogens with zero attached hydrogens (tertiary/aromatic N) is 1. The van der Waals surface area contributed by atoms with Crippen LogP contribution in [-0.4, -0.2) is 50.8 Å². The third kappa shape index (κ3) is 8.14. The molecule has 0 radical (unpaired) electrons. The van der Waals surface area contributed by atoms with E-state index in [2.05, 4.69) is 5.32 Å². The molecule has 2 rings (SSSR count). The molecule has 0 spiro atoms. The van der Waals surface area contributed by atoms with Gasteiger partial charge in [0.2, 0.25) is 10.0 Å². The lowest BCUT2D eigenvalue weighted by atomic mass is 10.2. The van der Waals surface area contributed by atoms with Crippen molar-refractivity contribution in [1.29, 1.82) is 0 Å². The summed E-state index contributed by atoms with van der Waals surface area (Å²) in [6.07, 6.45) is 1.15. The maximum Gasteiger partial charge on any atom is 0.257 e. The lowest BCUT2D eigenvalue weighted by Crippen LogP contribution is -2.30. The van der Waals surface area contributed by atoms with Crippen LogP contribution in [0, 0.1) is 5.82 Å². The van der Waals surface area contributed by atoms with Crippen LogP contribution in [0.2, 0.25) is 5.02 Å². The lowest BCUT2D eigenvalue weighted by Gasteiger charge is -2.14. The molecule has 1 N–H and O–H groups in total. The standard InChI is InChI=1S/C20H24ClFN2O4S2/c1-24(30(2,26)27)12-15-6-8-16(9-7-15)28-13-20(25)23-10-11-29-14-17-18(21)4-3-5-19(17)22/h3-9H,10-14H2,1-2H3,(H,23,25). The SMILES string of the molecule is CN(Cc1ccc(OCC(=O)NCCSCc2c(F)cccc2Cl)cc1)S(C)(=O)=O. The average Bonchev–Trinajstić information content (AvgIpc) is 2.68. The molecule has 6 nitrogen and oxygen atoms in total. The number of carbonyl (C=O) groups is 1. The maximum absolute atomic E-state index is 13.7. The van der Waals surface area contributed by atoms with E-state index < -0.39 is 10.0 Å². The molecule has 0 aliphatic heterocycles. The summed E-state index contributed by atoms with van der Waals surface area (Å²) in [5, 5.41) is 3.13. The lowest BCUT2D eigenvalue weighted by molar-refractivity contribution is -0.122. The van der Waals surface area contributed by atoms with Gasteiger partial charge in [-0.25, -0.2) is 17.1 Å². The first-order valence-corrected chi connectivity index (χ1v) is 12.5. The minimum absolute atomic E-state index is 0.133. The highest BCUT2D eigenvalue weighted by Gasteiger charge is 2.11. The third-order valence-electron chi connectivity index (χ3n) is 4.14. The first-order chi connectivity index (χ1) is 14.2. The molecule has 0 heterocycles. The minimum atomic E-state index is -3.24. The Morgan fingerprint density at radius 2 is 1.93 bits per heavy atom. The van der Waals surface area contributed by atoms with Gasteiger partial charge in [-0.3, -0.25) is 4.79 Å².